The normalized spacial score (nSPS) is 17.6. The van der Waals surface area contributed by atoms with Gasteiger partial charge in [-0.1, -0.05) is 0 Å². The number of terminal acetylenes is 1. The van der Waals surface area contributed by atoms with E-state index >= 15 is 0 Å². The highest BCUT2D eigenvalue weighted by molar-refractivity contribution is 5.67. The average Bonchev–Trinajstić information content (AvgIpc) is 2.20. The van der Waals surface area contributed by atoms with Crippen molar-refractivity contribution in [1.82, 2.24) is 4.90 Å². The van der Waals surface area contributed by atoms with Gasteiger partial charge in [-0.25, -0.2) is 4.79 Å². The molecule has 0 aromatic rings. The second kappa shape index (κ2) is 5.54. The summed E-state index contributed by atoms with van der Waals surface area (Å²) in [6.45, 7) is 3.84. The summed E-state index contributed by atoms with van der Waals surface area (Å²) in [5.41, 5.74) is 0. The molecular weight excluding hydrogens is 178 g/mol. The number of likely N-dealkylation sites (tertiary alicyclic amines) is 1. The molecule has 0 radical (unpaired) electrons. The fourth-order valence-corrected chi connectivity index (χ4v) is 1.70. The van der Waals surface area contributed by atoms with Crippen LogP contribution in [0.1, 0.15) is 26.2 Å². The van der Waals surface area contributed by atoms with Gasteiger partial charge in [0.15, 0.2) is 0 Å². The Bertz CT molecular complexity index is 224. The van der Waals surface area contributed by atoms with E-state index in [0.29, 0.717) is 12.5 Å². The van der Waals surface area contributed by atoms with Gasteiger partial charge in [-0.3, -0.25) is 0 Å². The number of ether oxygens (including phenoxy) is 1. The lowest BCUT2D eigenvalue weighted by atomic mass is 9.94. The van der Waals surface area contributed by atoms with Crippen LogP contribution in [0.15, 0.2) is 0 Å². The van der Waals surface area contributed by atoms with Gasteiger partial charge in [-0.2, -0.15) is 0 Å². The summed E-state index contributed by atoms with van der Waals surface area (Å²) >= 11 is 0. The van der Waals surface area contributed by atoms with Crippen LogP contribution in [0.4, 0.5) is 4.79 Å². The Hall–Kier alpha value is -1.17. The largest absolute Gasteiger partial charge is 0.450 e. The summed E-state index contributed by atoms with van der Waals surface area (Å²) in [6, 6.07) is 0. The Balaban J connectivity index is 2.28. The molecule has 0 N–H and O–H groups in total. The van der Waals surface area contributed by atoms with Gasteiger partial charge in [0.25, 0.3) is 0 Å². The van der Waals surface area contributed by atoms with E-state index in [1.807, 2.05) is 6.92 Å². The molecule has 3 nitrogen and oxygen atoms in total. The summed E-state index contributed by atoms with van der Waals surface area (Å²) in [5.74, 6) is 3.26. The van der Waals surface area contributed by atoms with Crippen molar-refractivity contribution in [3.05, 3.63) is 0 Å². The molecule has 0 bridgehead atoms. The lowest BCUT2D eigenvalue weighted by molar-refractivity contribution is 0.0922. The number of hydrogen-bond donors (Lipinski definition) is 0. The van der Waals surface area contributed by atoms with Gasteiger partial charge in [0.2, 0.25) is 0 Å². The molecule has 78 valence electrons. The first-order chi connectivity index (χ1) is 6.77. The Morgan fingerprint density at radius 1 is 1.57 bits per heavy atom. The fraction of sp³-hybridized carbons (Fsp3) is 0.727. The maximum Gasteiger partial charge on any atom is 0.409 e. The van der Waals surface area contributed by atoms with Crippen LogP contribution in [0.5, 0.6) is 0 Å². The number of nitrogens with zero attached hydrogens (tertiary/aromatic N) is 1. The molecule has 0 atom stereocenters. The van der Waals surface area contributed by atoms with E-state index in [9.17, 15) is 4.79 Å². The highest BCUT2D eigenvalue weighted by atomic mass is 16.6. The quantitative estimate of drug-likeness (QED) is 0.630. The molecule has 0 spiro atoms. The number of carbonyl (C=O) groups excluding carboxylic acids is 1. The minimum Gasteiger partial charge on any atom is -0.450 e. The predicted molar refractivity (Wildman–Crippen MR) is 54.8 cm³/mol. The molecular formula is C11H17NO2. The third kappa shape index (κ3) is 2.95. The molecule has 14 heavy (non-hydrogen) atoms. The Morgan fingerprint density at radius 3 is 2.71 bits per heavy atom. The van der Waals surface area contributed by atoms with Gasteiger partial charge in [-0.05, 0) is 25.7 Å². The minimum absolute atomic E-state index is 0.188. The molecule has 1 aliphatic heterocycles. The van der Waals surface area contributed by atoms with Crippen LogP contribution in [-0.2, 0) is 4.74 Å². The lowest BCUT2D eigenvalue weighted by Gasteiger charge is -2.30. The first-order valence-corrected chi connectivity index (χ1v) is 5.13. The van der Waals surface area contributed by atoms with Crippen molar-refractivity contribution >= 4 is 6.09 Å². The standard InChI is InChI=1S/C11H17NO2/c1-3-5-10-6-8-12(9-7-10)11(13)14-4-2/h1,10H,4-9H2,2H3. The van der Waals surface area contributed by atoms with E-state index in [1.165, 1.54) is 0 Å². The highest BCUT2D eigenvalue weighted by Gasteiger charge is 2.22. The molecule has 1 aliphatic rings. The van der Waals surface area contributed by atoms with Crippen LogP contribution in [0.3, 0.4) is 0 Å². The van der Waals surface area contributed by atoms with E-state index < -0.39 is 0 Å². The van der Waals surface area contributed by atoms with Gasteiger partial charge in [-0.15, -0.1) is 12.3 Å². The zero-order valence-corrected chi connectivity index (χ0v) is 8.66. The highest BCUT2D eigenvalue weighted by Crippen LogP contribution is 2.20. The molecule has 3 heteroatoms. The number of piperidine rings is 1. The number of carbonyl (C=O) groups is 1. The van der Waals surface area contributed by atoms with Gasteiger partial charge in [0.05, 0.1) is 6.61 Å². The average molecular weight is 195 g/mol. The zero-order chi connectivity index (χ0) is 10.4. The predicted octanol–water partition coefficient (Wildman–Crippen LogP) is 1.88. The van der Waals surface area contributed by atoms with E-state index in [4.69, 9.17) is 11.2 Å². The molecule has 0 aromatic heterocycles. The van der Waals surface area contributed by atoms with Crippen LogP contribution < -0.4 is 0 Å². The van der Waals surface area contributed by atoms with Gasteiger partial charge in [0.1, 0.15) is 0 Å². The third-order valence-electron chi connectivity index (χ3n) is 2.55. The van der Waals surface area contributed by atoms with E-state index in [-0.39, 0.29) is 6.09 Å². The molecule has 1 fully saturated rings. The second-order valence-electron chi connectivity index (χ2n) is 3.54. The summed E-state index contributed by atoms with van der Waals surface area (Å²) in [4.78, 5) is 13.1. The smallest absolute Gasteiger partial charge is 0.409 e. The molecule has 1 saturated heterocycles. The number of rotatable bonds is 2. The Morgan fingerprint density at radius 2 is 2.21 bits per heavy atom. The van der Waals surface area contributed by atoms with E-state index in [1.54, 1.807) is 4.90 Å². The molecule has 1 heterocycles. The SMILES string of the molecule is C#CCC1CCN(C(=O)OCC)CC1. The fourth-order valence-electron chi connectivity index (χ4n) is 1.70. The summed E-state index contributed by atoms with van der Waals surface area (Å²) in [6.07, 6.45) is 7.89. The minimum atomic E-state index is -0.188. The molecule has 1 amide bonds. The van der Waals surface area contributed by atoms with E-state index in [2.05, 4.69) is 5.92 Å². The molecule has 0 aromatic carbocycles. The Labute approximate surface area is 85.4 Å². The van der Waals surface area contributed by atoms with Crippen molar-refractivity contribution in [2.45, 2.75) is 26.2 Å². The van der Waals surface area contributed by atoms with Crippen molar-refractivity contribution in [2.24, 2.45) is 5.92 Å². The van der Waals surface area contributed by atoms with E-state index in [0.717, 1.165) is 32.4 Å². The maximum atomic E-state index is 11.3. The summed E-state index contributed by atoms with van der Waals surface area (Å²) in [5, 5.41) is 0. The van der Waals surface area contributed by atoms with Crippen LogP contribution in [0.25, 0.3) is 0 Å². The van der Waals surface area contributed by atoms with Gasteiger partial charge >= 0.3 is 6.09 Å². The van der Waals surface area contributed by atoms with Crippen molar-refractivity contribution < 1.29 is 9.53 Å². The van der Waals surface area contributed by atoms with Crippen LogP contribution in [-0.4, -0.2) is 30.7 Å². The summed E-state index contributed by atoms with van der Waals surface area (Å²) < 4.78 is 4.92. The van der Waals surface area contributed by atoms with Gasteiger partial charge < -0.3 is 9.64 Å². The van der Waals surface area contributed by atoms with Crippen LogP contribution >= 0.6 is 0 Å². The first kappa shape index (κ1) is 10.9. The summed E-state index contributed by atoms with van der Waals surface area (Å²) in [7, 11) is 0. The van der Waals surface area contributed by atoms with Crippen molar-refractivity contribution in [3.63, 3.8) is 0 Å². The zero-order valence-electron chi connectivity index (χ0n) is 8.66. The molecule has 0 saturated carbocycles. The molecule has 0 unspecified atom stereocenters. The van der Waals surface area contributed by atoms with Gasteiger partial charge in [0, 0.05) is 19.5 Å². The van der Waals surface area contributed by atoms with Crippen LogP contribution in [0, 0.1) is 18.3 Å². The Kier molecular flexibility index (Phi) is 4.31. The lowest BCUT2D eigenvalue weighted by Crippen LogP contribution is -2.38. The van der Waals surface area contributed by atoms with Crippen molar-refractivity contribution in [3.8, 4) is 12.3 Å². The second-order valence-corrected chi connectivity index (χ2v) is 3.54. The topological polar surface area (TPSA) is 29.5 Å². The van der Waals surface area contributed by atoms with Crippen molar-refractivity contribution in [2.75, 3.05) is 19.7 Å². The number of hydrogen-bond acceptors (Lipinski definition) is 2. The maximum absolute atomic E-state index is 11.3. The van der Waals surface area contributed by atoms with Crippen molar-refractivity contribution in [1.29, 1.82) is 0 Å². The number of amides is 1. The molecule has 0 aliphatic carbocycles. The van der Waals surface area contributed by atoms with Crippen LogP contribution in [0.2, 0.25) is 0 Å². The first-order valence-electron chi connectivity index (χ1n) is 5.13. The molecule has 1 rings (SSSR count). The monoisotopic (exact) mass is 195 g/mol. The third-order valence-corrected chi connectivity index (χ3v) is 2.55.